The number of thioether (sulfide) groups is 1. The van der Waals surface area contributed by atoms with E-state index in [1.54, 1.807) is 17.8 Å². The van der Waals surface area contributed by atoms with E-state index in [1.165, 1.54) is 11.3 Å². The maximum atomic E-state index is 12.5. The van der Waals surface area contributed by atoms with Gasteiger partial charge in [-0.2, -0.15) is 4.99 Å². The molecule has 23 heavy (non-hydrogen) atoms. The molecule has 0 N–H and O–H groups in total. The van der Waals surface area contributed by atoms with Gasteiger partial charge in [0.2, 0.25) is 0 Å². The minimum Gasteiger partial charge on any atom is -0.319 e. The number of hydrogen-bond acceptors (Lipinski definition) is 3. The van der Waals surface area contributed by atoms with Crippen LogP contribution in [0, 0.1) is 6.92 Å². The molecule has 0 spiro atoms. The Morgan fingerprint density at radius 3 is 2.78 bits per heavy atom. The highest BCUT2D eigenvalue weighted by molar-refractivity contribution is 7.98. The monoisotopic (exact) mass is 362 g/mol. The lowest BCUT2D eigenvalue weighted by atomic mass is 10.2. The number of halogens is 1. The summed E-state index contributed by atoms with van der Waals surface area (Å²) in [6.45, 7) is 2.03. The Bertz CT molecular complexity index is 972. The lowest BCUT2D eigenvalue weighted by molar-refractivity contribution is 0.0997. The Labute approximate surface area is 147 Å². The zero-order chi connectivity index (χ0) is 16.6. The Balaban J connectivity index is 2.14. The van der Waals surface area contributed by atoms with Gasteiger partial charge in [0.25, 0.3) is 5.91 Å². The summed E-state index contributed by atoms with van der Waals surface area (Å²) < 4.78 is 2.89. The molecule has 1 heterocycles. The van der Waals surface area contributed by atoms with Crippen LogP contribution in [-0.2, 0) is 7.05 Å². The van der Waals surface area contributed by atoms with E-state index in [1.807, 2.05) is 55.1 Å². The van der Waals surface area contributed by atoms with Gasteiger partial charge in [-0.25, -0.2) is 0 Å². The van der Waals surface area contributed by atoms with E-state index >= 15 is 0 Å². The first kappa shape index (κ1) is 16.3. The van der Waals surface area contributed by atoms with E-state index in [0.717, 1.165) is 20.7 Å². The number of aromatic nitrogens is 1. The Morgan fingerprint density at radius 2 is 2.09 bits per heavy atom. The molecule has 118 valence electrons. The van der Waals surface area contributed by atoms with Crippen LogP contribution < -0.4 is 4.80 Å². The number of rotatable bonds is 2. The first-order chi connectivity index (χ1) is 11.0. The number of carbonyl (C=O) groups is 1. The van der Waals surface area contributed by atoms with Crippen LogP contribution in [0.5, 0.6) is 0 Å². The molecule has 0 unspecified atom stereocenters. The standard InChI is InChI=1S/C17H15ClN2OS2/c1-10-7-8-13(18)15-14(10)20(2)17(23-15)19-16(21)11-5-4-6-12(9-11)22-3/h4-9H,1-3H3. The van der Waals surface area contributed by atoms with Gasteiger partial charge in [-0.05, 0) is 43.0 Å². The van der Waals surface area contributed by atoms with Crippen molar-refractivity contribution in [2.75, 3.05) is 6.26 Å². The largest absolute Gasteiger partial charge is 0.319 e. The van der Waals surface area contributed by atoms with Crippen molar-refractivity contribution in [2.24, 2.45) is 12.0 Å². The van der Waals surface area contributed by atoms with Crippen molar-refractivity contribution in [3.05, 3.63) is 57.3 Å². The van der Waals surface area contributed by atoms with Crippen LogP contribution in [0.3, 0.4) is 0 Å². The molecule has 0 atom stereocenters. The van der Waals surface area contributed by atoms with Gasteiger partial charge < -0.3 is 4.57 Å². The van der Waals surface area contributed by atoms with Crippen LogP contribution in [0.2, 0.25) is 5.02 Å². The van der Waals surface area contributed by atoms with Crippen LogP contribution in [0.25, 0.3) is 10.2 Å². The summed E-state index contributed by atoms with van der Waals surface area (Å²) in [5.41, 5.74) is 2.73. The van der Waals surface area contributed by atoms with E-state index in [2.05, 4.69) is 4.99 Å². The molecule has 0 radical (unpaired) electrons. The second kappa shape index (κ2) is 6.51. The Kier molecular flexibility index (Phi) is 4.62. The second-order valence-corrected chi connectivity index (χ2v) is 7.40. The minimum atomic E-state index is -0.239. The number of nitrogens with zero attached hydrogens (tertiary/aromatic N) is 2. The van der Waals surface area contributed by atoms with Crippen molar-refractivity contribution in [3.63, 3.8) is 0 Å². The van der Waals surface area contributed by atoms with Gasteiger partial charge >= 0.3 is 0 Å². The quantitative estimate of drug-likeness (QED) is 0.621. The average molecular weight is 363 g/mol. The summed E-state index contributed by atoms with van der Waals surface area (Å²) in [6, 6.07) is 11.4. The first-order valence-corrected chi connectivity index (χ1v) is 9.41. The molecule has 0 bridgehead atoms. The van der Waals surface area contributed by atoms with Gasteiger partial charge in [-0.3, -0.25) is 4.79 Å². The third kappa shape index (κ3) is 3.09. The summed E-state index contributed by atoms with van der Waals surface area (Å²) in [6.07, 6.45) is 1.98. The Morgan fingerprint density at radius 1 is 1.30 bits per heavy atom. The molecule has 3 rings (SSSR count). The molecular weight excluding hydrogens is 348 g/mol. The number of hydrogen-bond donors (Lipinski definition) is 0. The molecule has 0 saturated carbocycles. The molecule has 0 saturated heterocycles. The van der Waals surface area contributed by atoms with E-state index in [9.17, 15) is 4.79 Å². The fourth-order valence-electron chi connectivity index (χ4n) is 2.42. The highest BCUT2D eigenvalue weighted by Gasteiger charge is 2.11. The molecule has 0 aliphatic rings. The fourth-order valence-corrected chi connectivity index (χ4v) is 4.25. The van der Waals surface area contributed by atoms with E-state index in [-0.39, 0.29) is 5.91 Å². The zero-order valence-electron chi connectivity index (χ0n) is 13.0. The predicted octanol–water partition coefficient (Wildman–Crippen LogP) is 4.66. The fraction of sp³-hybridized carbons (Fsp3) is 0.176. The van der Waals surface area contributed by atoms with Crippen molar-refractivity contribution in [1.29, 1.82) is 0 Å². The van der Waals surface area contributed by atoms with Crippen LogP contribution in [0.15, 0.2) is 46.3 Å². The first-order valence-electron chi connectivity index (χ1n) is 6.99. The molecule has 3 nitrogen and oxygen atoms in total. The maximum absolute atomic E-state index is 12.5. The molecule has 1 amide bonds. The maximum Gasteiger partial charge on any atom is 0.279 e. The summed E-state index contributed by atoms with van der Waals surface area (Å²) >= 11 is 9.31. The van der Waals surface area contributed by atoms with Crippen molar-refractivity contribution >= 4 is 50.8 Å². The normalized spacial score (nSPS) is 12.1. The van der Waals surface area contributed by atoms with E-state index < -0.39 is 0 Å². The van der Waals surface area contributed by atoms with E-state index in [0.29, 0.717) is 15.4 Å². The SMILES string of the molecule is CSc1cccc(C(=O)N=c2sc3c(Cl)ccc(C)c3n2C)c1. The number of thiazole rings is 1. The third-order valence-corrected chi connectivity index (χ3v) is 5.93. The lowest BCUT2D eigenvalue weighted by Crippen LogP contribution is -2.13. The average Bonchev–Trinajstić information content (AvgIpc) is 2.89. The third-order valence-electron chi connectivity index (χ3n) is 3.61. The van der Waals surface area contributed by atoms with Gasteiger partial charge in [0.1, 0.15) is 0 Å². The van der Waals surface area contributed by atoms with Crippen LogP contribution in [0.4, 0.5) is 0 Å². The van der Waals surface area contributed by atoms with Crippen molar-refractivity contribution in [3.8, 4) is 0 Å². The molecular formula is C17H15ClN2OS2. The molecule has 0 fully saturated rings. The van der Waals surface area contributed by atoms with Crippen LogP contribution in [-0.4, -0.2) is 16.7 Å². The summed E-state index contributed by atoms with van der Waals surface area (Å²) in [4.78, 5) is 18.5. The number of aryl methyl sites for hydroxylation is 2. The van der Waals surface area contributed by atoms with Gasteiger partial charge in [0.15, 0.2) is 4.80 Å². The summed E-state index contributed by atoms with van der Waals surface area (Å²) in [5.74, 6) is -0.239. The van der Waals surface area contributed by atoms with Gasteiger partial charge in [0, 0.05) is 17.5 Å². The predicted molar refractivity (Wildman–Crippen MR) is 98.7 cm³/mol. The van der Waals surface area contributed by atoms with Crippen molar-refractivity contribution in [2.45, 2.75) is 11.8 Å². The number of carbonyl (C=O) groups excluding carboxylic acids is 1. The van der Waals surface area contributed by atoms with Crippen molar-refractivity contribution in [1.82, 2.24) is 4.57 Å². The second-order valence-electron chi connectivity index (χ2n) is 5.13. The number of fused-ring (bicyclic) bond motifs is 1. The smallest absolute Gasteiger partial charge is 0.279 e. The van der Waals surface area contributed by atoms with E-state index in [4.69, 9.17) is 11.6 Å². The van der Waals surface area contributed by atoms with Crippen LogP contribution in [0.1, 0.15) is 15.9 Å². The lowest BCUT2D eigenvalue weighted by Gasteiger charge is -2.01. The van der Waals surface area contributed by atoms with Crippen LogP contribution >= 0.6 is 34.7 Å². The molecule has 0 aliphatic carbocycles. The minimum absolute atomic E-state index is 0.239. The van der Waals surface area contributed by atoms with Crippen molar-refractivity contribution < 1.29 is 4.79 Å². The molecule has 1 aromatic heterocycles. The topological polar surface area (TPSA) is 34.4 Å². The highest BCUT2D eigenvalue weighted by Crippen LogP contribution is 2.28. The molecule has 6 heteroatoms. The molecule has 3 aromatic rings. The van der Waals surface area contributed by atoms with Gasteiger partial charge in [-0.15, -0.1) is 11.8 Å². The van der Waals surface area contributed by atoms with Gasteiger partial charge in [-0.1, -0.05) is 35.1 Å². The highest BCUT2D eigenvalue weighted by atomic mass is 35.5. The Hall–Kier alpha value is -1.56. The van der Waals surface area contributed by atoms with Gasteiger partial charge in [0.05, 0.1) is 15.2 Å². The number of amides is 1. The molecule has 2 aromatic carbocycles. The molecule has 0 aliphatic heterocycles. The zero-order valence-corrected chi connectivity index (χ0v) is 15.4. The number of benzene rings is 2. The summed E-state index contributed by atoms with van der Waals surface area (Å²) in [7, 11) is 1.91. The summed E-state index contributed by atoms with van der Waals surface area (Å²) in [5, 5.41) is 0.685.